The van der Waals surface area contributed by atoms with Crippen LogP contribution in [0.5, 0.6) is 23.0 Å². The predicted molar refractivity (Wildman–Crippen MR) is 208 cm³/mol. The third-order valence-corrected chi connectivity index (χ3v) is 11.1. The number of ketones is 1. The molecule has 57 heavy (non-hydrogen) atoms. The molecule has 13 nitrogen and oxygen atoms in total. The molecule has 0 unspecified atom stereocenters. The van der Waals surface area contributed by atoms with Crippen LogP contribution in [-0.2, 0) is 30.2 Å². The van der Waals surface area contributed by atoms with Crippen LogP contribution in [0.15, 0.2) is 28.0 Å². The van der Waals surface area contributed by atoms with E-state index in [9.17, 15) is 34.2 Å². The molecule has 0 amide bonds. The molecule has 0 saturated carbocycles. The molecule has 1 aliphatic carbocycles. The zero-order chi connectivity index (χ0) is 43.0. The number of phenols is 1. The van der Waals surface area contributed by atoms with Crippen LogP contribution in [0.25, 0.3) is 0 Å². The number of hydrogen-bond donors (Lipinski definition) is 2. The van der Waals surface area contributed by atoms with E-state index in [0.717, 1.165) is 12.2 Å². The Bertz CT molecular complexity index is 2260. The molecular formula is C42H44BrFO13. The largest absolute Gasteiger partial charge is 0.506 e. The van der Waals surface area contributed by atoms with Gasteiger partial charge in [0.25, 0.3) is 0 Å². The molecule has 3 aromatic carbocycles. The van der Waals surface area contributed by atoms with Gasteiger partial charge in [-0.05, 0) is 141 Å². The van der Waals surface area contributed by atoms with Crippen molar-refractivity contribution in [1.29, 1.82) is 0 Å². The summed E-state index contributed by atoms with van der Waals surface area (Å²) in [4.78, 5) is 65.9. The quantitative estimate of drug-likeness (QED) is 0.112. The van der Waals surface area contributed by atoms with Gasteiger partial charge in [-0.2, -0.15) is 0 Å². The second-order valence-corrected chi connectivity index (χ2v) is 14.4. The van der Waals surface area contributed by atoms with E-state index < -0.39 is 52.6 Å². The third kappa shape index (κ3) is 7.71. The Morgan fingerprint density at radius 3 is 1.77 bits per heavy atom. The summed E-state index contributed by atoms with van der Waals surface area (Å²) in [5.74, 6) is -7.08. The Balaban J connectivity index is 1.71. The number of phenolic OH excluding ortho intramolecular Hbond substituents is 1. The highest BCUT2D eigenvalue weighted by molar-refractivity contribution is 9.10. The van der Waals surface area contributed by atoms with E-state index in [0.29, 0.717) is 33.4 Å². The molecule has 0 heterocycles. The van der Waals surface area contributed by atoms with Crippen molar-refractivity contribution in [3.63, 3.8) is 0 Å². The number of allylic oxidation sites excluding steroid dienone is 2. The number of aromatic hydroxyl groups is 1. The van der Waals surface area contributed by atoms with Crippen LogP contribution in [0, 0.1) is 61.2 Å². The standard InChI is InChI=1S/C42H44BrFO13/c1-13-27-24(9)37(33(44)25(10)30(27)39(48)55-35-21(6)18(3)29(19(4)22(35)7)38(47)54-16-52-11)56-40(49)31-20(5)23(8)36(32(43)34(31)46)57-41(50)42(51)17(2)14-26(45)15-28(42)53-12/h14-15,46,51H,13,16H2,1-12H3/t42-/m1/s1. The van der Waals surface area contributed by atoms with Gasteiger partial charge in [-0.3, -0.25) is 4.79 Å². The fourth-order valence-corrected chi connectivity index (χ4v) is 7.33. The molecule has 0 aromatic heterocycles. The maximum absolute atomic E-state index is 16.3. The van der Waals surface area contributed by atoms with Crippen molar-refractivity contribution in [2.45, 2.75) is 81.3 Å². The number of carbonyl (C=O) groups excluding carboxylic acids is 5. The Labute approximate surface area is 337 Å². The molecular weight excluding hydrogens is 811 g/mol. The normalized spacial score (nSPS) is 15.1. The summed E-state index contributed by atoms with van der Waals surface area (Å²) in [5, 5.41) is 22.5. The lowest BCUT2D eigenvalue weighted by Gasteiger charge is -2.30. The van der Waals surface area contributed by atoms with Crippen LogP contribution in [0.3, 0.4) is 0 Å². The van der Waals surface area contributed by atoms with Crippen molar-refractivity contribution in [3.8, 4) is 23.0 Å². The Kier molecular flexibility index (Phi) is 13.2. The fraction of sp³-hybridized carbons (Fsp3) is 0.357. The predicted octanol–water partition coefficient (Wildman–Crippen LogP) is 7.22. The third-order valence-electron chi connectivity index (χ3n) is 10.4. The number of aliphatic hydroxyl groups is 1. The van der Waals surface area contributed by atoms with E-state index in [2.05, 4.69) is 15.9 Å². The Morgan fingerprint density at radius 1 is 0.702 bits per heavy atom. The van der Waals surface area contributed by atoms with Gasteiger partial charge in [0.15, 0.2) is 29.9 Å². The van der Waals surface area contributed by atoms with Gasteiger partial charge in [-0.15, -0.1) is 0 Å². The average molecular weight is 856 g/mol. The summed E-state index contributed by atoms with van der Waals surface area (Å²) >= 11 is 3.17. The van der Waals surface area contributed by atoms with E-state index in [1.165, 1.54) is 48.8 Å². The zero-order valence-corrected chi connectivity index (χ0v) is 35.3. The van der Waals surface area contributed by atoms with Crippen LogP contribution >= 0.6 is 15.9 Å². The molecule has 0 radical (unpaired) electrons. The van der Waals surface area contributed by atoms with Crippen molar-refractivity contribution in [3.05, 3.63) is 101 Å². The first-order valence-electron chi connectivity index (χ1n) is 17.6. The lowest BCUT2D eigenvalue weighted by atomic mass is 9.87. The van der Waals surface area contributed by atoms with Crippen LogP contribution in [0.4, 0.5) is 4.39 Å². The minimum absolute atomic E-state index is 0.0723. The molecule has 0 bridgehead atoms. The lowest BCUT2D eigenvalue weighted by molar-refractivity contribution is -0.151. The van der Waals surface area contributed by atoms with Crippen molar-refractivity contribution in [2.75, 3.05) is 21.0 Å². The van der Waals surface area contributed by atoms with Gasteiger partial charge in [0.05, 0.1) is 18.2 Å². The number of carbonyl (C=O) groups is 5. The Morgan fingerprint density at radius 2 is 1.23 bits per heavy atom. The summed E-state index contributed by atoms with van der Waals surface area (Å²) in [5.41, 5.74) is -0.114. The molecule has 1 atom stereocenters. The molecule has 0 spiro atoms. The maximum atomic E-state index is 16.3. The minimum atomic E-state index is -2.47. The first-order chi connectivity index (χ1) is 26.6. The summed E-state index contributed by atoms with van der Waals surface area (Å²) in [6.07, 6.45) is 2.19. The molecule has 2 N–H and O–H groups in total. The van der Waals surface area contributed by atoms with E-state index in [1.54, 1.807) is 34.6 Å². The number of esters is 4. The molecule has 0 saturated heterocycles. The highest BCUT2D eigenvalue weighted by Crippen LogP contribution is 2.44. The summed E-state index contributed by atoms with van der Waals surface area (Å²) in [7, 11) is 2.55. The smallest absolute Gasteiger partial charge is 0.356 e. The van der Waals surface area contributed by atoms with Gasteiger partial charge >= 0.3 is 23.9 Å². The number of benzene rings is 3. The van der Waals surface area contributed by atoms with Gasteiger partial charge in [0, 0.05) is 18.7 Å². The van der Waals surface area contributed by atoms with E-state index in [4.69, 9.17) is 28.4 Å². The van der Waals surface area contributed by atoms with Crippen LogP contribution in [-0.4, -0.2) is 66.5 Å². The maximum Gasteiger partial charge on any atom is 0.356 e. The number of ether oxygens (including phenoxy) is 6. The van der Waals surface area contributed by atoms with Crippen molar-refractivity contribution < 1.29 is 67.0 Å². The molecule has 304 valence electrons. The molecule has 15 heteroatoms. The second-order valence-electron chi connectivity index (χ2n) is 13.6. The van der Waals surface area contributed by atoms with Crippen molar-refractivity contribution in [1.82, 2.24) is 0 Å². The van der Waals surface area contributed by atoms with Gasteiger partial charge < -0.3 is 38.6 Å². The average Bonchev–Trinajstić information content (AvgIpc) is 3.16. The second kappa shape index (κ2) is 17.0. The minimum Gasteiger partial charge on any atom is -0.506 e. The first-order valence-corrected chi connectivity index (χ1v) is 18.4. The highest BCUT2D eigenvalue weighted by Gasteiger charge is 2.48. The van der Waals surface area contributed by atoms with E-state index >= 15 is 4.39 Å². The number of hydrogen-bond acceptors (Lipinski definition) is 13. The summed E-state index contributed by atoms with van der Waals surface area (Å²) in [6, 6.07) is 0. The van der Waals surface area contributed by atoms with Gasteiger partial charge in [-0.1, -0.05) is 6.92 Å². The topological polar surface area (TPSA) is 181 Å². The van der Waals surface area contributed by atoms with Crippen LogP contribution in [0.1, 0.15) is 95.0 Å². The van der Waals surface area contributed by atoms with Gasteiger partial charge in [-0.25, -0.2) is 23.6 Å². The SMILES string of the molecule is CCc1c(C)c(OC(=O)c2c(C)c(C)c(OC(=O)[C@@]3(O)C(C)=CC(=O)C=C3OC)c(Br)c2O)c(F)c(C)c1C(=O)Oc1c(C)c(C)c(C(=O)OCOC)c(C)c1C. The number of methoxy groups -OCH3 is 2. The van der Waals surface area contributed by atoms with E-state index in [1.807, 2.05) is 0 Å². The van der Waals surface area contributed by atoms with Gasteiger partial charge in [0.1, 0.15) is 27.3 Å². The highest BCUT2D eigenvalue weighted by atomic mass is 79.9. The summed E-state index contributed by atoms with van der Waals surface area (Å²) < 4.78 is 48.2. The first kappa shape index (κ1) is 44.3. The summed E-state index contributed by atoms with van der Waals surface area (Å²) in [6.45, 7) is 15.3. The molecule has 0 aliphatic heterocycles. The van der Waals surface area contributed by atoms with Crippen LogP contribution in [0.2, 0.25) is 0 Å². The Hall–Kier alpha value is -5.38. The molecule has 4 rings (SSSR count). The van der Waals surface area contributed by atoms with Gasteiger partial charge in [0.2, 0.25) is 5.60 Å². The van der Waals surface area contributed by atoms with Crippen molar-refractivity contribution in [2.24, 2.45) is 0 Å². The monoisotopic (exact) mass is 854 g/mol. The molecule has 0 fully saturated rings. The number of halogens is 2. The lowest BCUT2D eigenvalue weighted by Crippen LogP contribution is -2.47. The zero-order valence-electron chi connectivity index (χ0n) is 33.7. The molecule has 3 aromatic rings. The number of rotatable bonds is 11. The van der Waals surface area contributed by atoms with E-state index in [-0.39, 0.29) is 73.9 Å². The molecule has 1 aliphatic rings. The van der Waals surface area contributed by atoms with Crippen molar-refractivity contribution >= 4 is 45.6 Å². The van der Waals surface area contributed by atoms with Crippen LogP contribution < -0.4 is 14.2 Å². The fourth-order valence-electron chi connectivity index (χ4n) is 6.76.